The molecule has 0 saturated heterocycles. The summed E-state index contributed by atoms with van der Waals surface area (Å²) >= 11 is 0. The number of aromatic nitrogens is 4. The van der Waals surface area contributed by atoms with Crippen molar-refractivity contribution in [3.8, 4) is 44.5 Å². The number of hydrogen-bond acceptors (Lipinski definition) is 5. The van der Waals surface area contributed by atoms with Crippen LogP contribution < -0.4 is 5.35 Å². The molecule has 8 aromatic rings. The Kier molecular flexibility index (Phi) is 10.0. The van der Waals surface area contributed by atoms with E-state index in [0.717, 1.165) is 78.0 Å². The highest BCUT2D eigenvalue weighted by Gasteiger charge is 2.26. The van der Waals surface area contributed by atoms with Crippen molar-refractivity contribution in [3.63, 3.8) is 0 Å². The second-order valence-electron chi connectivity index (χ2n) is 14.0. The molecule has 8 heteroatoms. The molecular formula is C51H40N4O4. The number of fused-ring (bicyclic) bond motifs is 8. The van der Waals surface area contributed by atoms with Gasteiger partial charge in [-0.1, -0.05) is 121 Å². The number of nitrogens with zero attached hydrogens (tertiary/aromatic N) is 1. The molecule has 0 atom stereocenters. The summed E-state index contributed by atoms with van der Waals surface area (Å²) in [5.74, 6) is -1.57. The summed E-state index contributed by atoms with van der Waals surface area (Å²) in [6, 6.07) is 50.7. The van der Waals surface area contributed by atoms with Gasteiger partial charge in [-0.05, 0) is 78.6 Å². The monoisotopic (exact) mass is 772 g/mol. The van der Waals surface area contributed by atoms with Crippen LogP contribution in [0.15, 0.2) is 152 Å². The number of nitrogens with one attached hydrogen (secondary N) is 3. The minimum absolute atomic E-state index is 0.0716. The summed E-state index contributed by atoms with van der Waals surface area (Å²) in [6.07, 6.45) is 4.15. The summed E-state index contributed by atoms with van der Waals surface area (Å²) in [4.78, 5) is 44.4. The lowest BCUT2D eigenvalue weighted by atomic mass is 10.0. The molecule has 3 N–H and O–H groups in total. The molecule has 0 radical (unpaired) electrons. The van der Waals surface area contributed by atoms with Gasteiger partial charge < -0.3 is 24.4 Å². The van der Waals surface area contributed by atoms with Crippen LogP contribution in [0.1, 0.15) is 25.2 Å². The molecule has 59 heavy (non-hydrogen) atoms. The minimum atomic E-state index is -0.783. The molecule has 8 bridgehead atoms. The third-order valence-electron chi connectivity index (χ3n) is 10.4. The Balaban J connectivity index is 1.58. The molecule has 5 heterocycles. The van der Waals surface area contributed by atoms with Gasteiger partial charge in [0, 0.05) is 55.2 Å². The van der Waals surface area contributed by atoms with Crippen LogP contribution in [0.3, 0.4) is 0 Å². The molecule has 1 aliphatic heterocycles. The van der Waals surface area contributed by atoms with Crippen molar-refractivity contribution in [2.45, 2.75) is 13.8 Å². The van der Waals surface area contributed by atoms with Gasteiger partial charge in [-0.25, -0.2) is 14.6 Å². The number of esters is 2. The molecule has 0 amide bonds. The zero-order valence-electron chi connectivity index (χ0n) is 32.6. The third kappa shape index (κ3) is 7.02. The van der Waals surface area contributed by atoms with Crippen molar-refractivity contribution >= 4 is 62.6 Å². The fourth-order valence-electron chi connectivity index (χ4n) is 7.91. The lowest BCUT2D eigenvalue weighted by Crippen LogP contribution is -2.26. The van der Waals surface area contributed by atoms with Crippen LogP contribution in [0.2, 0.25) is 0 Å². The Morgan fingerprint density at radius 1 is 0.458 bits per heavy atom. The van der Waals surface area contributed by atoms with Crippen LogP contribution >= 0.6 is 0 Å². The molecular weight excluding hydrogens is 733 g/mol. The molecule has 0 unspecified atom stereocenters. The van der Waals surface area contributed by atoms with Gasteiger partial charge in [0.05, 0.1) is 30.0 Å². The number of carbonyl (C=O) groups excluding carboxylic acids is 2. The maximum Gasteiger partial charge on any atom is 0.347 e. The van der Waals surface area contributed by atoms with Gasteiger partial charge in [0.2, 0.25) is 0 Å². The zero-order chi connectivity index (χ0) is 40.3. The summed E-state index contributed by atoms with van der Waals surface area (Å²) in [6.45, 7) is 3.57. The summed E-state index contributed by atoms with van der Waals surface area (Å²) in [5.41, 5.74) is 12.6. The first-order valence-corrected chi connectivity index (χ1v) is 19.7. The van der Waals surface area contributed by atoms with Crippen molar-refractivity contribution in [1.29, 1.82) is 0 Å². The summed E-state index contributed by atoms with van der Waals surface area (Å²) in [7, 11) is 0. The highest BCUT2D eigenvalue weighted by atomic mass is 16.6. The Labute approximate surface area is 340 Å². The number of rotatable bonds is 8. The van der Waals surface area contributed by atoms with Gasteiger partial charge in [-0.2, -0.15) is 0 Å². The topological polar surface area (TPSA) is 113 Å². The van der Waals surface area contributed by atoms with Gasteiger partial charge in [-0.3, -0.25) is 0 Å². The van der Waals surface area contributed by atoms with Crippen molar-refractivity contribution < 1.29 is 19.1 Å². The van der Waals surface area contributed by atoms with Gasteiger partial charge >= 0.3 is 11.9 Å². The van der Waals surface area contributed by atoms with E-state index < -0.39 is 11.9 Å². The van der Waals surface area contributed by atoms with Crippen LogP contribution in [0.4, 0.5) is 0 Å². The van der Waals surface area contributed by atoms with E-state index in [9.17, 15) is 9.59 Å². The maximum atomic E-state index is 14.0. The van der Waals surface area contributed by atoms with E-state index in [-0.39, 0.29) is 24.1 Å². The quantitative estimate of drug-likeness (QED) is 0.105. The third-order valence-corrected chi connectivity index (χ3v) is 10.4. The van der Waals surface area contributed by atoms with E-state index in [4.69, 9.17) is 14.5 Å². The largest absolute Gasteiger partial charge is 0.462 e. The lowest BCUT2D eigenvalue weighted by Gasteiger charge is -2.08. The lowest BCUT2D eigenvalue weighted by molar-refractivity contribution is -0.142. The van der Waals surface area contributed by atoms with Crippen LogP contribution in [-0.2, 0) is 19.1 Å². The van der Waals surface area contributed by atoms with Crippen molar-refractivity contribution in [2.75, 3.05) is 13.2 Å². The van der Waals surface area contributed by atoms with E-state index in [1.54, 1.807) is 13.8 Å². The molecule has 8 nitrogen and oxygen atoms in total. The molecule has 4 aromatic carbocycles. The van der Waals surface area contributed by atoms with E-state index in [0.29, 0.717) is 10.9 Å². The highest BCUT2D eigenvalue weighted by Crippen LogP contribution is 2.37. The van der Waals surface area contributed by atoms with Crippen LogP contribution in [0.5, 0.6) is 0 Å². The predicted molar refractivity (Wildman–Crippen MR) is 238 cm³/mol. The average molecular weight is 773 g/mol. The minimum Gasteiger partial charge on any atom is -0.462 e. The second-order valence-corrected chi connectivity index (χ2v) is 14.0. The standard InChI is InChI=1S/C51H40N4O4/c1-3-58-50(56)48(51(57)59-4-2)49-36-31-43(55-49)47(35-23-15-8-16-24-35)42-30-29-41(54-42)46(34-21-13-7-14-22-34)40-28-27-39(53-40)45(33-19-11-6-12-20-33)38-26-25-37(52-38)44(36)32-17-9-5-10-18-32/h5-31,52,54-55H,3-4H2,1-2H3. The first-order valence-electron chi connectivity index (χ1n) is 19.7. The van der Waals surface area contributed by atoms with Crippen LogP contribution in [-0.4, -0.2) is 45.1 Å². The molecule has 0 fully saturated rings. The number of benzene rings is 4. The maximum absolute atomic E-state index is 14.0. The number of ether oxygens (including phenoxy) is 2. The smallest absolute Gasteiger partial charge is 0.347 e. The number of aromatic amines is 3. The molecule has 288 valence electrons. The fraction of sp³-hybridized carbons (Fsp3) is 0.0784. The number of carbonyl (C=O) groups is 2. The van der Waals surface area contributed by atoms with Crippen molar-refractivity contribution in [1.82, 2.24) is 19.9 Å². The first-order chi connectivity index (χ1) is 29.0. The average Bonchev–Trinajstić information content (AvgIpc) is 4.11. The fourth-order valence-corrected chi connectivity index (χ4v) is 7.91. The molecule has 4 aromatic heterocycles. The highest BCUT2D eigenvalue weighted by molar-refractivity contribution is 6.37. The van der Waals surface area contributed by atoms with Gasteiger partial charge in [-0.15, -0.1) is 0 Å². The first kappa shape index (κ1) is 36.9. The van der Waals surface area contributed by atoms with Gasteiger partial charge in [0.15, 0.2) is 5.57 Å². The predicted octanol–water partition coefficient (Wildman–Crippen LogP) is 10.9. The molecule has 9 rings (SSSR count). The zero-order valence-corrected chi connectivity index (χ0v) is 32.6. The molecule has 0 spiro atoms. The Bertz CT molecular complexity index is 3070. The van der Waals surface area contributed by atoms with Crippen LogP contribution in [0, 0.1) is 0 Å². The van der Waals surface area contributed by atoms with Gasteiger partial charge in [0.25, 0.3) is 0 Å². The second kappa shape index (κ2) is 16.0. The summed E-state index contributed by atoms with van der Waals surface area (Å²) < 4.78 is 11.1. The molecule has 0 aliphatic carbocycles. The van der Waals surface area contributed by atoms with Crippen molar-refractivity contribution in [2.24, 2.45) is 0 Å². The normalized spacial score (nSPS) is 11.4. The number of hydrogen-bond donors (Lipinski definition) is 3. The number of H-pyrrole nitrogens is 3. The van der Waals surface area contributed by atoms with Crippen molar-refractivity contribution in [3.05, 3.63) is 168 Å². The van der Waals surface area contributed by atoms with Gasteiger partial charge in [0.1, 0.15) is 0 Å². The van der Waals surface area contributed by atoms with Crippen LogP contribution in [0.25, 0.3) is 95.2 Å². The molecule has 1 aliphatic rings. The summed E-state index contributed by atoms with van der Waals surface area (Å²) in [5, 5.41) is 0.886. The Morgan fingerprint density at radius 3 is 1.25 bits per heavy atom. The van der Waals surface area contributed by atoms with E-state index in [2.05, 4.69) is 69.6 Å². The molecule has 0 saturated carbocycles. The van der Waals surface area contributed by atoms with E-state index in [1.807, 2.05) is 109 Å². The van der Waals surface area contributed by atoms with E-state index in [1.165, 1.54) is 0 Å². The Morgan fingerprint density at radius 2 is 0.831 bits per heavy atom. The Hall–Kier alpha value is -7.71. The SMILES string of the molecule is CCOC(=O)C(C(=O)OCC)=c1[nH]c2cc1c(-c1ccccc1)c1ccc([nH]1)c(-c1ccccc1)c1nc(c(-c3ccccc3)c3ccc([nH]3)c2-c2ccccc2)C=C1. The van der Waals surface area contributed by atoms with E-state index >= 15 is 0 Å².